The minimum absolute atomic E-state index is 0.159. The number of hydrogen-bond donors (Lipinski definition) is 1. The van der Waals surface area contributed by atoms with Crippen molar-refractivity contribution < 1.29 is 4.39 Å². The Morgan fingerprint density at radius 2 is 2.00 bits per heavy atom. The van der Waals surface area contributed by atoms with Crippen LogP contribution in [0.15, 0.2) is 24.4 Å². The van der Waals surface area contributed by atoms with Crippen molar-refractivity contribution in [3.63, 3.8) is 0 Å². The Bertz CT molecular complexity index is 645. The smallest absolute Gasteiger partial charge is 0.136 e. The van der Waals surface area contributed by atoms with E-state index in [9.17, 15) is 4.39 Å². The number of benzene rings is 1. The van der Waals surface area contributed by atoms with Crippen molar-refractivity contribution in [1.82, 2.24) is 4.98 Å². The van der Waals surface area contributed by atoms with Gasteiger partial charge in [0.2, 0.25) is 0 Å². The van der Waals surface area contributed by atoms with Crippen LogP contribution >= 0.6 is 0 Å². The molecule has 2 aromatic rings. The molecule has 2 heterocycles. The van der Waals surface area contributed by atoms with E-state index in [-0.39, 0.29) is 5.82 Å². The molecule has 1 aliphatic heterocycles. The summed E-state index contributed by atoms with van der Waals surface area (Å²) in [5.41, 5.74) is 0.837. The summed E-state index contributed by atoms with van der Waals surface area (Å²) in [4.78, 5) is 6.87. The normalized spacial score (nSPS) is 18.8. The van der Waals surface area contributed by atoms with Crippen molar-refractivity contribution in [2.45, 2.75) is 31.7 Å². The highest BCUT2D eigenvalue weighted by Crippen LogP contribution is 2.35. The number of halogens is 1. The number of nitrogens with one attached hydrogen (secondary N) is 1. The van der Waals surface area contributed by atoms with Gasteiger partial charge in [-0.05, 0) is 31.7 Å². The molecule has 4 rings (SSSR count). The summed E-state index contributed by atoms with van der Waals surface area (Å²) in [5.74, 6) is 0.770. The van der Waals surface area contributed by atoms with E-state index in [2.05, 4.69) is 15.2 Å². The molecule has 1 aromatic carbocycles. The molecule has 0 unspecified atom stereocenters. The van der Waals surface area contributed by atoms with Gasteiger partial charge >= 0.3 is 0 Å². The zero-order valence-corrected chi connectivity index (χ0v) is 11.4. The molecular weight excluding hydrogens is 253 g/mol. The van der Waals surface area contributed by atoms with Crippen LogP contribution < -0.4 is 10.2 Å². The number of fused-ring (bicyclic) bond motifs is 1. The van der Waals surface area contributed by atoms with E-state index in [1.165, 1.54) is 31.7 Å². The van der Waals surface area contributed by atoms with Crippen LogP contribution in [0.1, 0.15) is 25.7 Å². The van der Waals surface area contributed by atoms with Crippen molar-refractivity contribution >= 4 is 22.3 Å². The van der Waals surface area contributed by atoms with Crippen molar-refractivity contribution in [2.24, 2.45) is 0 Å². The molecular formula is C16H18FN3. The fraction of sp³-hybridized carbons (Fsp3) is 0.438. The van der Waals surface area contributed by atoms with E-state index in [0.717, 1.165) is 30.0 Å². The monoisotopic (exact) mass is 271 g/mol. The number of anilines is 2. The fourth-order valence-corrected chi connectivity index (χ4v) is 2.98. The molecule has 1 aromatic heterocycles. The van der Waals surface area contributed by atoms with Crippen molar-refractivity contribution in [1.29, 1.82) is 0 Å². The molecule has 2 aliphatic rings. The topological polar surface area (TPSA) is 28.2 Å². The lowest BCUT2D eigenvalue weighted by atomic mass is 10.1. The number of rotatable bonds is 3. The maximum atomic E-state index is 14.3. The zero-order chi connectivity index (χ0) is 13.5. The fourth-order valence-electron chi connectivity index (χ4n) is 2.98. The average Bonchev–Trinajstić information content (AvgIpc) is 3.10. The van der Waals surface area contributed by atoms with Gasteiger partial charge in [-0.1, -0.05) is 12.1 Å². The van der Waals surface area contributed by atoms with Gasteiger partial charge in [0.1, 0.15) is 11.6 Å². The first-order chi connectivity index (χ1) is 9.83. The van der Waals surface area contributed by atoms with Crippen molar-refractivity contribution in [3.8, 4) is 0 Å². The summed E-state index contributed by atoms with van der Waals surface area (Å²) in [5, 5.41) is 5.02. The minimum Gasteiger partial charge on any atom is -0.380 e. The van der Waals surface area contributed by atoms with Crippen molar-refractivity contribution in [2.75, 3.05) is 23.3 Å². The predicted molar refractivity (Wildman–Crippen MR) is 79.8 cm³/mol. The Morgan fingerprint density at radius 1 is 1.20 bits per heavy atom. The SMILES string of the molecule is Fc1cccc2c(N3CCCC3)ncc(NC3CC3)c12. The van der Waals surface area contributed by atoms with E-state index in [4.69, 9.17) is 0 Å². The molecule has 0 atom stereocenters. The van der Waals surface area contributed by atoms with Crippen LogP contribution in [0.25, 0.3) is 10.8 Å². The standard InChI is InChI=1S/C16H18FN3/c17-13-5-3-4-12-15(13)14(19-11-6-7-11)10-18-16(12)20-8-1-2-9-20/h3-5,10-11,19H,1-2,6-9H2. The Hall–Kier alpha value is -1.84. The minimum atomic E-state index is -0.159. The number of aromatic nitrogens is 1. The predicted octanol–water partition coefficient (Wildman–Crippen LogP) is 3.55. The third kappa shape index (κ3) is 1.99. The Labute approximate surface area is 117 Å². The van der Waals surface area contributed by atoms with Gasteiger partial charge in [0.15, 0.2) is 0 Å². The maximum Gasteiger partial charge on any atom is 0.136 e. The number of hydrogen-bond acceptors (Lipinski definition) is 3. The third-order valence-electron chi connectivity index (χ3n) is 4.18. The van der Waals surface area contributed by atoms with Gasteiger partial charge in [-0.3, -0.25) is 0 Å². The molecule has 20 heavy (non-hydrogen) atoms. The molecule has 1 N–H and O–H groups in total. The van der Waals surface area contributed by atoms with Gasteiger partial charge in [0.05, 0.1) is 11.9 Å². The first-order valence-electron chi connectivity index (χ1n) is 7.41. The highest BCUT2D eigenvalue weighted by Gasteiger charge is 2.24. The van der Waals surface area contributed by atoms with Crippen LogP contribution in [0.2, 0.25) is 0 Å². The zero-order valence-electron chi connectivity index (χ0n) is 11.4. The summed E-state index contributed by atoms with van der Waals surface area (Å²) in [7, 11) is 0. The van der Waals surface area contributed by atoms with Crippen LogP contribution in [0.5, 0.6) is 0 Å². The molecule has 2 fully saturated rings. The molecule has 4 heteroatoms. The Balaban J connectivity index is 1.87. The van der Waals surface area contributed by atoms with E-state index in [0.29, 0.717) is 11.4 Å². The Morgan fingerprint density at radius 3 is 2.75 bits per heavy atom. The second kappa shape index (κ2) is 4.62. The largest absolute Gasteiger partial charge is 0.380 e. The third-order valence-corrected chi connectivity index (χ3v) is 4.18. The van der Waals surface area contributed by atoms with Gasteiger partial charge in [-0.25, -0.2) is 9.37 Å². The molecule has 0 amide bonds. The molecule has 104 valence electrons. The first kappa shape index (κ1) is 11.9. The van der Waals surface area contributed by atoms with E-state index >= 15 is 0 Å². The van der Waals surface area contributed by atoms with E-state index in [1.54, 1.807) is 12.3 Å². The van der Waals surface area contributed by atoms with E-state index < -0.39 is 0 Å². The van der Waals surface area contributed by atoms with E-state index in [1.807, 2.05) is 6.07 Å². The summed E-state index contributed by atoms with van der Waals surface area (Å²) in [6, 6.07) is 5.79. The summed E-state index contributed by atoms with van der Waals surface area (Å²) in [6.45, 7) is 2.04. The number of pyridine rings is 1. The molecule has 1 saturated heterocycles. The summed E-state index contributed by atoms with van der Waals surface area (Å²) in [6.07, 6.45) is 6.53. The maximum absolute atomic E-state index is 14.3. The summed E-state index contributed by atoms with van der Waals surface area (Å²) < 4.78 is 14.3. The van der Waals surface area contributed by atoms with Crippen LogP contribution in [0, 0.1) is 5.82 Å². The van der Waals surface area contributed by atoms with Crippen LogP contribution in [0.4, 0.5) is 15.9 Å². The lowest BCUT2D eigenvalue weighted by Crippen LogP contribution is -2.19. The summed E-state index contributed by atoms with van der Waals surface area (Å²) >= 11 is 0. The van der Waals surface area contributed by atoms with Crippen LogP contribution in [-0.2, 0) is 0 Å². The van der Waals surface area contributed by atoms with Gasteiger partial charge in [0.25, 0.3) is 0 Å². The molecule has 3 nitrogen and oxygen atoms in total. The molecule has 0 spiro atoms. The van der Waals surface area contributed by atoms with Crippen LogP contribution in [0.3, 0.4) is 0 Å². The molecule has 0 radical (unpaired) electrons. The molecule has 0 bridgehead atoms. The van der Waals surface area contributed by atoms with Gasteiger partial charge in [-0.2, -0.15) is 0 Å². The Kier molecular flexibility index (Phi) is 2.76. The first-order valence-corrected chi connectivity index (χ1v) is 7.41. The quantitative estimate of drug-likeness (QED) is 0.925. The van der Waals surface area contributed by atoms with Crippen molar-refractivity contribution in [3.05, 3.63) is 30.2 Å². The van der Waals surface area contributed by atoms with Gasteiger partial charge < -0.3 is 10.2 Å². The van der Waals surface area contributed by atoms with Gasteiger partial charge in [0, 0.05) is 29.9 Å². The van der Waals surface area contributed by atoms with Gasteiger partial charge in [-0.15, -0.1) is 0 Å². The molecule has 1 aliphatic carbocycles. The van der Waals surface area contributed by atoms with Crippen LogP contribution in [-0.4, -0.2) is 24.1 Å². The highest BCUT2D eigenvalue weighted by atomic mass is 19.1. The second-order valence-corrected chi connectivity index (χ2v) is 5.77. The second-order valence-electron chi connectivity index (χ2n) is 5.77. The highest BCUT2D eigenvalue weighted by molar-refractivity contribution is 6.00. The lowest BCUT2D eigenvalue weighted by Gasteiger charge is -2.20. The number of nitrogens with zero attached hydrogens (tertiary/aromatic N) is 2. The lowest BCUT2D eigenvalue weighted by molar-refractivity contribution is 0.640. The average molecular weight is 271 g/mol. The molecule has 1 saturated carbocycles.